The molecule has 0 aliphatic carbocycles. The molecular weight excluding hydrogens is 230 g/mol. The maximum Gasteiger partial charge on any atom is 0.348 e. The van der Waals surface area contributed by atoms with Gasteiger partial charge in [0.15, 0.2) is 0 Å². The highest BCUT2D eigenvalue weighted by Crippen LogP contribution is 2.13. The van der Waals surface area contributed by atoms with E-state index >= 15 is 0 Å². The largest absolute Gasteiger partial charge is 0.497 e. The number of methoxy groups -OCH3 is 2. The second-order valence-corrected chi connectivity index (χ2v) is 3.61. The molecule has 0 N–H and O–H groups in total. The average Bonchev–Trinajstić information content (AvgIpc) is 2.43. The Hall–Kier alpha value is -2.28. The van der Waals surface area contributed by atoms with Crippen molar-refractivity contribution in [2.45, 2.75) is 12.8 Å². The van der Waals surface area contributed by atoms with Crippen molar-refractivity contribution in [3.63, 3.8) is 0 Å². The third-order valence-electron chi connectivity index (χ3n) is 2.47. The predicted octanol–water partition coefficient (Wildman–Crippen LogP) is 2.25. The smallest absolute Gasteiger partial charge is 0.348 e. The zero-order chi connectivity index (χ0) is 13.4. The summed E-state index contributed by atoms with van der Waals surface area (Å²) in [5.41, 5.74) is 1.17. The number of hydrogen-bond acceptors (Lipinski definition) is 4. The van der Waals surface area contributed by atoms with E-state index in [0.29, 0.717) is 6.42 Å². The van der Waals surface area contributed by atoms with Gasteiger partial charge in [-0.05, 0) is 30.5 Å². The molecular formula is C14H15NO3. The number of benzene rings is 1. The van der Waals surface area contributed by atoms with Crippen molar-refractivity contribution >= 4 is 5.97 Å². The van der Waals surface area contributed by atoms with Crippen LogP contribution in [-0.2, 0) is 16.0 Å². The van der Waals surface area contributed by atoms with Crippen LogP contribution in [0.2, 0.25) is 0 Å². The number of ether oxygens (including phenoxy) is 2. The van der Waals surface area contributed by atoms with Gasteiger partial charge in [-0.2, -0.15) is 5.26 Å². The van der Waals surface area contributed by atoms with E-state index in [1.54, 1.807) is 13.2 Å². The maximum absolute atomic E-state index is 11.1. The lowest BCUT2D eigenvalue weighted by atomic mass is 10.1. The molecule has 4 nitrogen and oxygen atoms in total. The van der Waals surface area contributed by atoms with Gasteiger partial charge in [0.1, 0.15) is 17.4 Å². The standard InChI is InChI=1S/C14H15NO3/c1-17-13-8-6-11(7-9-13)4-3-5-12(10-15)14(16)18-2/h5-9H,3-4H2,1-2H3. The molecule has 0 fully saturated rings. The van der Waals surface area contributed by atoms with Crippen LogP contribution in [0.25, 0.3) is 0 Å². The van der Waals surface area contributed by atoms with Crippen molar-refractivity contribution in [1.82, 2.24) is 0 Å². The van der Waals surface area contributed by atoms with Crippen LogP contribution < -0.4 is 4.74 Å². The van der Waals surface area contributed by atoms with Crippen molar-refractivity contribution in [3.8, 4) is 11.8 Å². The first kappa shape index (κ1) is 13.8. The number of rotatable bonds is 5. The molecule has 4 heteroatoms. The summed E-state index contributed by atoms with van der Waals surface area (Å²) < 4.78 is 9.55. The number of carbonyl (C=O) groups excluding carboxylic acids is 1. The van der Waals surface area contributed by atoms with Crippen LogP contribution in [0.4, 0.5) is 0 Å². The molecule has 0 atom stereocenters. The fraction of sp³-hybridized carbons (Fsp3) is 0.286. The highest BCUT2D eigenvalue weighted by atomic mass is 16.5. The van der Waals surface area contributed by atoms with Crippen molar-refractivity contribution < 1.29 is 14.3 Å². The number of aryl methyl sites for hydroxylation is 1. The minimum Gasteiger partial charge on any atom is -0.497 e. The zero-order valence-electron chi connectivity index (χ0n) is 10.5. The van der Waals surface area contributed by atoms with Crippen molar-refractivity contribution in [3.05, 3.63) is 41.5 Å². The fourth-order valence-corrected chi connectivity index (χ4v) is 1.46. The molecule has 0 saturated heterocycles. The van der Waals surface area contributed by atoms with Gasteiger partial charge in [-0.15, -0.1) is 0 Å². The van der Waals surface area contributed by atoms with Crippen LogP contribution in [0.3, 0.4) is 0 Å². The van der Waals surface area contributed by atoms with Gasteiger partial charge >= 0.3 is 5.97 Å². The summed E-state index contributed by atoms with van der Waals surface area (Å²) in [5.74, 6) is 0.216. The predicted molar refractivity (Wildman–Crippen MR) is 67.0 cm³/mol. The van der Waals surface area contributed by atoms with Crippen LogP contribution in [0.5, 0.6) is 5.75 Å². The van der Waals surface area contributed by atoms with Crippen molar-refractivity contribution in [2.75, 3.05) is 14.2 Å². The molecule has 0 heterocycles. The Morgan fingerprint density at radius 1 is 1.33 bits per heavy atom. The Kier molecular flexibility index (Phi) is 5.46. The summed E-state index contributed by atoms with van der Waals surface area (Å²) in [5, 5.41) is 8.76. The second-order valence-electron chi connectivity index (χ2n) is 3.61. The van der Waals surface area contributed by atoms with E-state index in [2.05, 4.69) is 4.74 Å². The minimum atomic E-state index is -0.591. The van der Waals surface area contributed by atoms with E-state index in [0.717, 1.165) is 17.7 Å². The maximum atomic E-state index is 11.1. The Morgan fingerprint density at radius 3 is 2.50 bits per heavy atom. The quantitative estimate of drug-likeness (QED) is 0.453. The lowest BCUT2D eigenvalue weighted by Crippen LogP contribution is -2.02. The normalized spacial score (nSPS) is 10.6. The van der Waals surface area contributed by atoms with E-state index in [9.17, 15) is 4.79 Å². The van der Waals surface area contributed by atoms with Gasteiger partial charge < -0.3 is 9.47 Å². The molecule has 0 aliphatic rings. The lowest BCUT2D eigenvalue weighted by molar-refractivity contribution is -0.135. The van der Waals surface area contributed by atoms with E-state index in [1.807, 2.05) is 30.3 Å². The number of nitrogens with zero attached hydrogens (tertiary/aromatic N) is 1. The van der Waals surface area contributed by atoms with Crippen LogP contribution in [-0.4, -0.2) is 20.2 Å². The fourth-order valence-electron chi connectivity index (χ4n) is 1.46. The van der Waals surface area contributed by atoms with Crippen LogP contribution in [0.1, 0.15) is 12.0 Å². The molecule has 0 spiro atoms. The Bertz CT molecular complexity index is 469. The summed E-state index contributed by atoms with van der Waals surface area (Å²) in [7, 11) is 2.88. The third kappa shape index (κ3) is 3.95. The Morgan fingerprint density at radius 2 is 2.00 bits per heavy atom. The molecule has 18 heavy (non-hydrogen) atoms. The highest BCUT2D eigenvalue weighted by Gasteiger charge is 2.07. The molecule has 1 aromatic carbocycles. The molecule has 0 radical (unpaired) electrons. The van der Waals surface area contributed by atoms with Gasteiger partial charge in [0.25, 0.3) is 0 Å². The summed E-state index contributed by atoms with van der Waals surface area (Å²) in [6, 6.07) is 9.49. The lowest BCUT2D eigenvalue weighted by Gasteiger charge is -2.02. The molecule has 0 aliphatic heterocycles. The Labute approximate surface area is 106 Å². The number of hydrogen-bond donors (Lipinski definition) is 0. The molecule has 0 bridgehead atoms. The molecule has 0 saturated carbocycles. The zero-order valence-corrected chi connectivity index (χ0v) is 10.5. The van der Waals surface area contributed by atoms with Gasteiger partial charge in [-0.3, -0.25) is 0 Å². The first-order chi connectivity index (χ1) is 8.71. The highest BCUT2D eigenvalue weighted by molar-refractivity contribution is 5.92. The summed E-state index contributed by atoms with van der Waals surface area (Å²) in [6.07, 6.45) is 2.96. The van der Waals surface area contributed by atoms with Gasteiger partial charge in [0.05, 0.1) is 14.2 Å². The third-order valence-corrected chi connectivity index (χ3v) is 2.47. The number of carbonyl (C=O) groups is 1. The van der Waals surface area contributed by atoms with Gasteiger partial charge in [-0.25, -0.2) is 4.79 Å². The number of allylic oxidation sites excluding steroid dienone is 1. The first-order valence-electron chi connectivity index (χ1n) is 5.52. The van der Waals surface area contributed by atoms with Crippen molar-refractivity contribution in [2.24, 2.45) is 0 Å². The minimum absolute atomic E-state index is 0.0472. The molecule has 1 rings (SSSR count). The molecule has 94 valence electrons. The Balaban J connectivity index is 2.57. The van der Waals surface area contributed by atoms with Gasteiger partial charge in [-0.1, -0.05) is 18.2 Å². The molecule has 0 unspecified atom stereocenters. The van der Waals surface area contributed by atoms with E-state index in [4.69, 9.17) is 10.00 Å². The number of nitriles is 1. The molecule has 0 aromatic heterocycles. The van der Waals surface area contributed by atoms with Crippen LogP contribution in [0.15, 0.2) is 35.9 Å². The van der Waals surface area contributed by atoms with Crippen molar-refractivity contribution in [1.29, 1.82) is 5.26 Å². The van der Waals surface area contributed by atoms with E-state index in [-0.39, 0.29) is 5.57 Å². The van der Waals surface area contributed by atoms with Gasteiger partial charge in [0.2, 0.25) is 0 Å². The topological polar surface area (TPSA) is 59.3 Å². The van der Waals surface area contributed by atoms with Gasteiger partial charge in [0, 0.05) is 0 Å². The van der Waals surface area contributed by atoms with E-state index in [1.165, 1.54) is 7.11 Å². The number of esters is 1. The summed E-state index contributed by atoms with van der Waals surface area (Å²) in [4.78, 5) is 11.1. The SMILES string of the molecule is COC(=O)C(C#N)=CCCc1ccc(OC)cc1. The first-order valence-corrected chi connectivity index (χ1v) is 5.52. The monoisotopic (exact) mass is 245 g/mol. The second kappa shape index (κ2) is 7.13. The summed E-state index contributed by atoms with van der Waals surface area (Å²) >= 11 is 0. The summed E-state index contributed by atoms with van der Waals surface area (Å²) in [6.45, 7) is 0. The molecule has 1 aromatic rings. The van der Waals surface area contributed by atoms with Crippen LogP contribution in [0, 0.1) is 11.3 Å². The molecule has 0 amide bonds. The van der Waals surface area contributed by atoms with E-state index < -0.39 is 5.97 Å². The van der Waals surface area contributed by atoms with Crippen LogP contribution >= 0.6 is 0 Å². The average molecular weight is 245 g/mol.